The topological polar surface area (TPSA) is 69.3 Å². The first-order valence-corrected chi connectivity index (χ1v) is 5.78. The van der Waals surface area contributed by atoms with Crippen LogP contribution < -0.4 is 0 Å². The molecule has 0 aliphatic heterocycles. The molecule has 87 valence electrons. The molecule has 0 aliphatic rings. The summed E-state index contributed by atoms with van der Waals surface area (Å²) in [6, 6.07) is 7.70. The molecule has 0 saturated carbocycles. The number of hydrogen-bond donors (Lipinski definition) is 1. The Kier molecular flexibility index (Phi) is 5.65. The van der Waals surface area contributed by atoms with E-state index in [1.54, 1.807) is 21.3 Å². The van der Waals surface area contributed by atoms with E-state index in [1.807, 2.05) is 24.3 Å². The molecule has 0 atom stereocenters. The van der Waals surface area contributed by atoms with E-state index < -0.39 is 9.53 Å². The summed E-state index contributed by atoms with van der Waals surface area (Å²) in [5.74, 6) is 0. The second kappa shape index (κ2) is 7.07. The fourth-order valence-electron chi connectivity index (χ4n) is 1.04. The van der Waals surface area contributed by atoms with Crippen LogP contribution in [0.2, 0.25) is 0 Å². The molecule has 2 aromatic rings. The molecule has 0 spiro atoms. The minimum absolute atomic E-state index is 0.914. The number of hydrogen-bond acceptors (Lipinski definition) is 5. The van der Waals surface area contributed by atoms with Gasteiger partial charge in [0.2, 0.25) is 0 Å². The molecular formula is C9H14N3O3Si. The van der Waals surface area contributed by atoms with Crippen molar-refractivity contribution in [3.8, 4) is 0 Å². The molecule has 2 rings (SSSR count). The van der Waals surface area contributed by atoms with Gasteiger partial charge in [-0.2, -0.15) is 15.4 Å². The van der Waals surface area contributed by atoms with Crippen LogP contribution in [0, 0.1) is 0 Å². The van der Waals surface area contributed by atoms with Crippen molar-refractivity contribution < 1.29 is 13.3 Å². The monoisotopic (exact) mass is 240 g/mol. The molecule has 1 N–H and O–H groups in total. The van der Waals surface area contributed by atoms with Gasteiger partial charge < -0.3 is 13.3 Å². The molecule has 1 heterocycles. The highest BCUT2D eigenvalue weighted by Crippen LogP contribution is 2.03. The Morgan fingerprint density at radius 1 is 0.938 bits per heavy atom. The molecule has 1 aromatic carbocycles. The van der Waals surface area contributed by atoms with Crippen molar-refractivity contribution in [2.24, 2.45) is 0 Å². The van der Waals surface area contributed by atoms with Gasteiger partial charge in [-0.1, -0.05) is 12.1 Å². The third-order valence-corrected chi connectivity index (χ3v) is 2.72. The molecule has 0 unspecified atom stereocenters. The van der Waals surface area contributed by atoms with Gasteiger partial charge in [0, 0.05) is 21.3 Å². The maximum absolute atomic E-state index is 4.71. The lowest BCUT2D eigenvalue weighted by atomic mass is 10.3. The van der Waals surface area contributed by atoms with E-state index in [-0.39, 0.29) is 0 Å². The van der Waals surface area contributed by atoms with Gasteiger partial charge in [0.15, 0.2) is 0 Å². The molecule has 6 nitrogen and oxygen atoms in total. The number of fused-ring (bicyclic) bond motifs is 1. The maximum atomic E-state index is 4.71. The Bertz CT molecular complexity index is 370. The highest BCUT2D eigenvalue weighted by molar-refractivity contribution is 6.36. The van der Waals surface area contributed by atoms with Crippen LogP contribution in [-0.4, -0.2) is 46.3 Å². The summed E-state index contributed by atoms with van der Waals surface area (Å²) >= 11 is 0. The zero-order chi connectivity index (χ0) is 11.8. The maximum Gasteiger partial charge on any atom is 0.576 e. The van der Waals surface area contributed by atoms with Crippen LogP contribution in [0.4, 0.5) is 0 Å². The predicted molar refractivity (Wildman–Crippen MR) is 60.7 cm³/mol. The first kappa shape index (κ1) is 12.8. The second-order valence-corrected chi connectivity index (χ2v) is 4.40. The molecule has 0 aliphatic carbocycles. The number of aromatic nitrogens is 3. The highest BCUT2D eigenvalue weighted by atomic mass is 28.3. The number of aromatic amines is 1. The van der Waals surface area contributed by atoms with Crippen molar-refractivity contribution in [3.63, 3.8) is 0 Å². The highest BCUT2D eigenvalue weighted by Gasteiger charge is 2.09. The Hall–Kier alpha value is -1.28. The zero-order valence-electron chi connectivity index (χ0n) is 9.43. The SMILES string of the molecule is CO[Si](OC)OC.c1ccc2n[nH]nc2c1. The van der Waals surface area contributed by atoms with Gasteiger partial charge in [-0.05, 0) is 12.1 Å². The third-order valence-electron chi connectivity index (χ3n) is 1.72. The van der Waals surface area contributed by atoms with Crippen molar-refractivity contribution in [2.75, 3.05) is 21.3 Å². The third kappa shape index (κ3) is 3.70. The molecule has 1 radical (unpaired) electrons. The van der Waals surface area contributed by atoms with E-state index in [2.05, 4.69) is 15.4 Å². The molecular weight excluding hydrogens is 226 g/mol. The van der Waals surface area contributed by atoms with E-state index in [0.717, 1.165) is 11.0 Å². The normalized spacial score (nSPS) is 10.2. The van der Waals surface area contributed by atoms with Gasteiger partial charge in [-0.3, -0.25) is 0 Å². The Morgan fingerprint density at radius 3 is 1.69 bits per heavy atom. The summed E-state index contributed by atoms with van der Waals surface area (Å²) in [6.07, 6.45) is 0. The van der Waals surface area contributed by atoms with Crippen molar-refractivity contribution in [1.82, 2.24) is 15.4 Å². The van der Waals surface area contributed by atoms with E-state index in [0.29, 0.717) is 0 Å². The minimum atomic E-state index is -1.36. The van der Waals surface area contributed by atoms with Gasteiger partial charge in [-0.15, -0.1) is 0 Å². The number of para-hydroxylation sites is 2. The summed E-state index contributed by atoms with van der Waals surface area (Å²) in [5.41, 5.74) is 1.83. The fraction of sp³-hybridized carbons (Fsp3) is 0.333. The largest absolute Gasteiger partial charge is 0.576 e. The Morgan fingerprint density at radius 2 is 1.38 bits per heavy atom. The van der Waals surface area contributed by atoms with Gasteiger partial charge in [0.05, 0.1) is 0 Å². The zero-order valence-corrected chi connectivity index (χ0v) is 10.4. The van der Waals surface area contributed by atoms with Gasteiger partial charge in [-0.25, -0.2) is 0 Å². The van der Waals surface area contributed by atoms with Gasteiger partial charge in [0.25, 0.3) is 0 Å². The van der Waals surface area contributed by atoms with E-state index in [4.69, 9.17) is 13.3 Å². The molecule has 1 aromatic heterocycles. The van der Waals surface area contributed by atoms with Crippen LogP contribution in [0.1, 0.15) is 0 Å². The number of nitrogens with zero attached hydrogens (tertiary/aromatic N) is 2. The van der Waals surface area contributed by atoms with Crippen LogP contribution in [0.5, 0.6) is 0 Å². The molecule has 0 bridgehead atoms. The molecule has 0 fully saturated rings. The summed E-state index contributed by atoms with van der Waals surface area (Å²) in [6.45, 7) is 0. The standard InChI is InChI=1S/C6H5N3.C3H9O3Si/c1-2-4-6-5(3-1)7-9-8-6;1-4-7(5-2)6-3/h1-4H,(H,7,8,9);1-3H3. The molecule has 0 amide bonds. The first-order valence-electron chi connectivity index (χ1n) is 4.56. The smallest absolute Gasteiger partial charge is 0.375 e. The lowest BCUT2D eigenvalue weighted by Crippen LogP contribution is -2.21. The van der Waals surface area contributed by atoms with Crippen LogP contribution in [0.3, 0.4) is 0 Å². The van der Waals surface area contributed by atoms with Crippen molar-refractivity contribution in [1.29, 1.82) is 0 Å². The van der Waals surface area contributed by atoms with Crippen LogP contribution in [0.15, 0.2) is 24.3 Å². The van der Waals surface area contributed by atoms with E-state index >= 15 is 0 Å². The lowest BCUT2D eigenvalue weighted by Gasteiger charge is -2.02. The van der Waals surface area contributed by atoms with E-state index in [9.17, 15) is 0 Å². The van der Waals surface area contributed by atoms with Gasteiger partial charge in [0.1, 0.15) is 11.0 Å². The minimum Gasteiger partial charge on any atom is -0.375 e. The van der Waals surface area contributed by atoms with Crippen LogP contribution in [-0.2, 0) is 13.3 Å². The fourth-order valence-corrected chi connectivity index (χ4v) is 1.54. The van der Waals surface area contributed by atoms with E-state index in [1.165, 1.54) is 0 Å². The lowest BCUT2D eigenvalue weighted by molar-refractivity contribution is 0.163. The number of nitrogens with one attached hydrogen (secondary N) is 1. The average molecular weight is 240 g/mol. The average Bonchev–Trinajstić information content (AvgIpc) is 2.80. The number of H-pyrrole nitrogens is 1. The number of benzene rings is 1. The summed E-state index contributed by atoms with van der Waals surface area (Å²) < 4.78 is 14.1. The summed E-state index contributed by atoms with van der Waals surface area (Å²) in [7, 11) is 3.31. The molecule has 7 heteroatoms. The van der Waals surface area contributed by atoms with Crippen LogP contribution in [0.25, 0.3) is 11.0 Å². The van der Waals surface area contributed by atoms with Crippen molar-refractivity contribution in [2.45, 2.75) is 0 Å². The Labute approximate surface area is 95.5 Å². The van der Waals surface area contributed by atoms with Crippen molar-refractivity contribution >= 4 is 20.6 Å². The van der Waals surface area contributed by atoms with Gasteiger partial charge >= 0.3 is 9.53 Å². The molecule has 16 heavy (non-hydrogen) atoms. The molecule has 0 saturated heterocycles. The van der Waals surface area contributed by atoms with Crippen molar-refractivity contribution in [3.05, 3.63) is 24.3 Å². The quantitative estimate of drug-likeness (QED) is 0.806. The predicted octanol–water partition coefficient (Wildman–Crippen LogP) is 0.868. The second-order valence-electron chi connectivity index (χ2n) is 2.67. The van der Waals surface area contributed by atoms with Crippen LogP contribution >= 0.6 is 0 Å². The Balaban J connectivity index is 0.000000168. The summed E-state index contributed by atoms with van der Waals surface area (Å²) in [5, 5.41) is 10.3. The number of rotatable bonds is 3. The first-order chi connectivity index (χ1) is 7.81. The summed E-state index contributed by atoms with van der Waals surface area (Å²) in [4.78, 5) is 0.